The molecule has 0 spiro atoms. The number of urea groups is 1. The van der Waals surface area contributed by atoms with Crippen LogP contribution in [0, 0.1) is 11.8 Å². The summed E-state index contributed by atoms with van der Waals surface area (Å²) >= 11 is 0. The van der Waals surface area contributed by atoms with Gasteiger partial charge in [-0.3, -0.25) is 9.89 Å². The Labute approximate surface area is 270 Å². The number of nitrogens with zero attached hydrogens (tertiary/aromatic N) is 4. The Morgan fingerprint density at radius 1 is 0.891 bits per heavy atom. The molecule has 0 aliphatic carbocycles. The lowest BCUT2D eigenvalue weighted by Gasteiger charge is -2.39. The van der Waals surface area contributed by atoms with E-state index in [0.717, 1.165) is 66.0 Å². The quantitative estimate of drug-likeness (QED) is 0.372. The Bertz CT molecular complexity index is 1540. The molecule has 2 aromatic carbocycles. The molecule has 4 amide bonds. The molecule has 244 valence electrons. The molecule has 46 heavy (non-hydrogen) atoms. The molecule has 11 nitrogen and oxygen atoms in total. The number of piperidine rings is 3. The molecular formula is C35H45N7O4. The van der Waals surface area contributed by atoms with Gasteiger partial charge in [0.2, 0.25) is 0 Å². The van der Waals surface area contributed by atoms with Gasteiger partial charge in [-0.2, -0.15) is 5.10 Å². The maximum absolute atomic E-state index is 14.0. The van der Waals surface area contributed by atoms with Crippen molar-refractivity contribution >= 4 is 34.6 Å². The van der Waals surface area contributed by atoms with E-state index in [1.165, 1.54) is 12.8 Å². The Balaban J connectivity index is 0.986. The lowest BCUT2D eigenvalue weighted by atomic mass is 9.79. The first-order chi connectivity index (χ1) is 22.5. The number of likely N-dealkylation sites (tertiary alicyclic amines) is 2. The van der Waals surface area contributed by atoms with Gasteiger partial charge in [-0.25, -0.2) is 9.59 Å². The second-order valence-corrected chi connectivity index (χ2v) is 13.4. The number of fused-ring (bicyclic) bond motifs is 2. The Morgan fingerprint density at radius 2 is 1.63 bits per heavy atom. The molecule has 0 bridgehead atoms. The first-order valence-corrected chi connectivity index (χ1v) is 17.0. The van der Waals surface area contributed by atoms with Crippen molar-refractivity contribution in [1.29, 1.82) is 0 Å². The summed E-state index contributed by atoms with van der Waals surface area (Å²) in [6.45, 7) is 5.17. The summed E-state index contributed by atoms with van der Waals surface area (Å²) in [6, 6.07) is 13.8. The molecular weight excluding hydrogens is 582 g/mol. The number of nitrogens with one attached hydrogen (secondary N) is 3. The van der Waals surface area contributed by atoms with Gasteiger partial charge >= 0.3 is 12.1 Å². The van der Waals surface area contributed by atoms with Crippen LogP contribution in [0.5, 0.6) is 0 Å². The summed E-state index contributed by atoms with van der Waals surface area (Å²) in [5.74, 6) is 1.27. The third-order valence-electron chi connectivity index (χ3n) is 10.7. The molecule has 1 aromatic heterocycles. The van der Waals surface area contributed by atoms with Crippen LogP contribution in [0.25, 0.3) is 10.9 Å². The molecule has 7 rings (SSSR count). The van der Waals surface area contributed by atoms with Crippen molar-refractivity contribution in [2.24, 2.45) is 11.8 Å². The van der Waals surface area contributed by atoms with Gasteiger partial charge in [0.15, 0.2) is 6.10 Å². The molecule has 4 aliphatic heterocycles. The van der Waals surface area contributed by atoms with Crippen LogP contribution in [-0.4, -0.2) is 101 Å². The number of hydrogen-bond acceptors (Lipinski definition) is 6. The summed E-state index contributed by atoms with van der Waals surface area (Å²) in [5.41, 5.74) is 3.86. The number of amides is 4. The number of H-pyrrole nitrogens is 1. The highest BCUT2D eigenvalue weighted by Gasteiger charge is 2.36. The van der Waals surface area contributed by atoms with E-state index in [1.54, 1.807) is 11.1 Å². The largest absolute Gasteiger partial charge is 0.436 e. The fraction of sp³-hybridized carbons (Fsp3) is 0.543. The second kappa shape index (κ2) is 13.7. The molecule has 4 aliphatic rings. The van der Waals surface area contributed by atoms with Crippen molar-refractivity contribution in [2.75, 3.05) is 51.1 Å². The zero-order valence-corrected chi connectivity index (χ0v) is 26.5. The van der Waals surface area contributed by atoms with Gasteiger partial charge in [0, 0.05) is 56.3 Å². The van der Waals surface area contributed by atoms with E-state index < -0.39 is 12.2 Å². The predicted octanol–water partition coefficient (Wildman–Crippen LogP) is 4.40. The molecule has 3 fully saturated rings. The van der Waals surface area contributed by atoms with Crippen LogP contribution < -0.4 is 10.6 Å². The predicted molar refractivity (Wildman–Crippen MR) is 175 cm³/mol. The molecule has 1 atom stereocenters. The van der Waals surface area contributed by atoms with E-state index in [1.807, 2.05) is 46.2 Å². The van der Waals surface area contributed by atoms with Crippen LogP contribution in [0.4, 0.5) is 15.3 Å². The third-order valence-corrected chi connectivity index (χ3v) is 10.7. The molecule has 0 radical (unpaired) electrons. The summed E-state index contributed by atoms with van der Waals surface area (Å²) < 4.78 is 6.08. The monoisotopic (exact) mass is 627 g/mol. The number of aromatic amines is 1. The van der Waals surface area contributed by atoms with Crippen LogP contribution in [0.2, 0.25) is 0 Å². The number of anilines is 1. The number of para-hydroxylation sites is 1. The number of aromatic nitrogens is 2. The maximum atomic E-state index is 14.0. The topological polar surface area (TPSA) is 123 Å². The number of carbonyl (C=O) groups is 3. The molecule has 5 heterocycles. The highest BCUT2D eigenvalue weighted by atomic mass is 16.6. The molecule has 3 aromatic rings. The van der Waals surface area contributed by atoms with Crippen LogP contribution >= 0.6 is 0 Å². The molecule has 3 N–H and O–H groups in total. The molecule has 3 saturated heterocycles. The van der Waals surface area contributed by atoms with Crippen LogP contribution in [0.3, 0.4) is 0 Å². The normalized spacial score (nSPS) is 21.0. The van der Waals surface area contributed by atoms with E-state index >= 15 is 0 Å². The zero-order chi connectivity index (χ0) is 31.5. The van der Waals surface area contributed by atoms with Crippen molar-refractivity contribution in [1.82, 2.24) is 30.2 Å². The zero-order valence-electron chi connectivity index (χ0n) is 26.5. The van der Waals surface area contributed by atoms with Crippen LogP contribution in [0.15, 0.2) is 48.7 Å². The van der Waals surface area contributed by atoms with Crippen LogP contribution in [0.1, 0.15) is 49.7 Å². The summed E-state index contributed by atoms with van der Waals surface area (Å²) in [7, 11) is 0. The number of rotatable bonds is 6. The molecule has 11 heteroatoms. The van der Waals surface area contributed by atoms with E-state index in [9.17, 15) is 14.4 Å². The Kier molecular flexibility index (Phi) is 9.09. The van der Waals surface area contributed by atoms with Gasteiger partial charge in [-0.1, -0.05) is 24.3 Å². The second-order valence-electron chi connectivity index (χ2n) is 13.4. The fourth-order valence-corrected chi connectivity index (χ4v) is 7.92. The van der Waals surface area contributed by atoms with Gasteiger partial charge in [0.25, 0.3) is 5.91 Å². The number of benzene rings is 2. The fourth-order valence-electron chi connectivity index (χ4n) is 7.92. The number of ether oxygens (including phenoxy) is 1. The molecule has 0 unspecified atom stereocenters. The van der Waals surface area contributed by atoms with E-state index in [-0.39, 0.29) is 18.0 Å². The summed E-state index contributed by atoms with van der Waals surface area (Å²) in [6.07, 6.45) is 7.26. The van der Waals surface area contributed by atoms with Crippen molar-refractivity contribution in [3.63, 3.8) is 0 Å². The van der Waals surface area contributed by atoms with Gasteiger partial charge in [-0.15, -0.1) is 0 Å². The minimum Gasteiger partial charge on any atom is -0.436 e. The highest BCUT2D eigenvalue weighted by Crippen LogP contribution is 2.32. The standard InChI is InChI=1S/C35H45N7O4/c43-33(40-16-9-26(10-17-40)25-7-14-36-15-8-25)32(22-24-5-6-31-28(21-24)23-37-39-31)46-35(45)41-18-12-29(13-19-41)42-20-11-27-3-1-2-4-30(27)38-34(42)44/h1-6,21,23,25-26,29,32,36H,7-20,22H2,(H,37,39)(H,38,44)/t32-/m1/s1. The van der Waals surface area contributed by atoms with Gasteiger partial charge in [-0.05, 0) is 99.2 Å². The summed E-state index contributed by atoms with van der Waals surface area (Å²) in [5, 5.41) is 14.6. The van der Waals surface area contributed by atoms with Crippen LogP contribution in [-0.2, 0) is 22.4 Å². The average Bonchev–Trinajstić information content (AvgIpc) is 3.50. The van der Waals surface area contributed by atoms with Crippen molar-refractivity contribution in [3.05, 3.63) is 59.8 Å². The van der Waals surface area contributed by atoms with E-state index in [2.05, 4.69) is 26.9 Å². The highest BCUT2D eigenvalue weighted by molar-refractivity contribution is 5.91. The van der Waals surface area contributed by atoms with E-state index in [4.69, 9.17) is 4.74 Å². The van der Waals surface area contributed by atoms with Gasteiger partial charge in [0.1, 0.15) is 0 Å². The van der Waals surface area contributed by atoms with Crippen molar-refractivity contribution < 1.29 is 19.1 Å². The van der Waals surface area contributed by atoms with E-state index in [0.29, 0.717) is 57.9 Å². The SMILES string of the molecule is O=C(O[C@H](Cc1ccc2[nH]ncc2c1)C(=O)N1CCC(C2CCNCC2)CC1)N1CCC(N2CCc3ccccc3NC2=O)CC1. The van der Waals surface area contributed by atoms with Gasteiger partial charge < -0.3 is 30.1 Å². The Hall–Kier alpha value is -4.12. The summed E-state index contributed by atoms with van der Waals surface area (Å²) in [4.78, 5) is 46.2. The smallest absolute Gasteiger partial charge is 0.410 e. The third kappa shape index (κ3) is 6.70. The molecule has 0 saturated carbocycles. The minimum absolute atomic E-state index is 0.0405. The Morgan fingerprint density at radius 3 is 2.43 bits per heavy atom. The lowest BCUT2D eigenvalue weighted by molar-refractivity contribution is -0.142. The average molecular weight is 628 g/mol. The van der Waals surface area contributed by atoms with Crippen molar-refractivity contribution in [3.8, 4) is 0 Å². The first-order valence-electron chi connectivity index (χ1n) is 17.0. The van der Waals surface area contributed by atoms with Crippen molar-refractivity contribution in [2.45, 2.75) is 63.5 Å². The number of hydrogen-bond donors (Lipinski definition) is 3. The number of carbonyl (C=O) groups excluding carboxylic acids is 3. The maximum Gasteiger partial charge on any atom is 0.410 e. The van der Waals surface area contributed by atoms with Gasteiger partial charge in [0.05, 0.1) is 11.7 Å². The first kappa shape index (κ1) is 30.5. The lowest BCUT2D eigenvalue weighted by Crippen LogP contribution is -2.52. The minimum atomic E-state index is -0.903.